The molecule has 6 heteroatoms. The second kappa shape index (κ2) is 8.58. The van der Waals surface area contributed by atoms with Crippen LogP contribution in [0.1, 0.15) is 38.2 Å². The van der Waals surface area contributed by atoms with E-state index in [2.05, 4.69) is 20.5 Å². The molecular weight excluding hydrogens is 280 g/mol. The number of anilines is 1. The van der Waals surface area contributed by atoms with E-state index in [1.165, 1.54) is 19.3 Å². The summed E-state index contributed by atoms with van der Waals surface area (Å²) in [6, 6.07) is 3.75. The van der Waals surface area contributed by atoms with Gasteiger partial charge in [0.15, 0.2) is 0 Å². The molecule has 0 radical (unpaired) electrons. The number of carbonyl (C=O) groups is 1. The molecule has 22 heavy (non-hydrogen) atoms. The Kier molecular flexibility index (Phi) is 6.45. The van der Waals surface area contributed by atoms with E-state index in [9.17, 15) is 4.79 Å². The Labute approximate surface area is 131 Å². The van der Waals surface area contributed by atoms with Gasteiger partial charge in [0.25, 0.3) is 0 Å². The van der Waals surface area contributed by atoms with Crippen molar-refractivity contribution in [1.29, 1.82) is 0 Å². The Hall–Kier alpha value is -1.82. The van der Waals surface area contributed by atoms with E-state index in [-0.39, 0.29) is 6.03 Å². The van der Waals surface area contributed by atoms with Crippen LogP contribution in [0.15, 0.2) is 18.3 Å². The Morgan fingerprint density at radius 3 is 2.86 bits per heavy atom. The van der Waals surface area contributed by atoms with Crippen LogP contribution in [0.5, 0.6) is 0 Å². The van der Waals surface area contributed by atoms with E-state index in [4.69, 9.17) is 5.11 Å². The van der Waals surface area contributed by atoms with Gasteiger partial charge in [0, 0.05) is 32.4 Å². The van der Waals surface area contributed by atoms with Crippen LogP contribution in [0.4, 0.5) is 10.6 Å². The van der Waals surface area contributed by atoms with Gasteiger partial charge in [0.1, 0.15) is 5.82 Å². The van der Waals surface area contributed by atoms with Crippen LogP contribution in [-0.2, 0) is 6.54 Å². The summed E-state index contributed by atoms with van der Waals surface area (Å²) in [6.07, 6.45) is 5.69. The minimum atomic E-state index is -0.396. The van der Waals surface area contributed by atoms with Gasteiger partial charge in [-0.1, -0.05) is 0 Å². The van der Waals surface area contributed by atoms with Crippen LogP contribution >= 0.6 is 0 Å². The summed E-state index contributed by atoms with van der Waals surface area (Å²) < 4.78 is 0. The van der Waals surface area contributed by atoms with Crippen molar-refractivity contribution < 1.29 is 9.90 Å². The minimum absolute atomic E-state index is 0.211. The van der Waals surface area contributed by atoms with E-state index < -0.39 is 6.10 Å². The highest BCUT2D eigenvalue weighted by Gasteiger charge is 2.12. The molecule has 1 aliphatic heterocycles. The van der Waals surface area contributed by atoms with Crippen molar-refractivity contribution in [3.05, 3.63) is 23.9 Å². The number of hydrogen-bond donors (Lipinski definition) is 3. The summed E-state index contributed by atoms with van der Waals surface area (Å²) in [4.78, 5) is 18.4. The molecule has 0 aromatic carbocycles. The molecule has 1 fully saturated rings. The summed E-state index contributed by atoms with van der Waals surface area (Å²) >= 11 is 0. The average Bonchev–Trinajstić information content (AvgIpc) is 2.54. The van der Waals surface area contributed by atoms with E-state index in [0.717, 1.165) is 24.5 Å². The number of urea groups is 1. The molecule has 2 amide bonds. The van der Waals surface area contributed by atoms with Gasteiger partial charge >= 0.3 is 6.03 Å². The predicted octanol–water partition coefficient (Wildman–Crippen LogP) is 1.64. The van der Waals surface area contributed by atoms with Gasteiger partial charge in [0.05, 0.1) is 6.10 Å². The number of aliphatic hydroxyl groups excluding tert-OH is 1. The van der Waals surface area contributed by atoms with E-state index >= 15 is 0 Å². The lowest BCUT2D eigenvalue weighted by atomic mass is 10.1. The number of carbonyl (C=O) groups excluding carboxylic acids is 1. The first kappa shape index (κ1) is 16.5. The monoisotopic (exact) mass is 306 g/mol. The van der Waals surface area contributed by atoms with Crippen molar-refractivity contribution >= 4 is 11.8 Å². The zero-order valence-electron chi connectivity index (χ0n) is 13.2. The van der Waals surface area contributed by atoms with Gasteiger partial charge < -0.3 is 20.6 Å². The highest BCUT2D eigenvalue weighted by Crippen LogP contribution is 2.18. The third-order valence-electron chi connectivity index (χ3n) is 3.79. The highest BCUT2D eigenvalue weighted by atomic mass is 16.3. The van der Waals surface area contributed by atoms with Gasteiger partial charge in [0.2, 0.25) is 0 Å². The number of aromatic nitrogens is 1. The molecule has 1 aliphatic rings. The molecule has 1 unspecified atom stereocenters. The number of amides is 2. The zero-order chi connectivity index (χ0) is 15.8. The van der Waals surface area contributed by atoms with Crippen molar-refractivity contribution in [3.63, 3.8) is 0 Å². The third-order valence-corrected chi connectivity index (χ3v) is 3.79. The Morgan fingerprint density at radius 1 is 1.36 bits per heavy atom. The van der Waals surface area contributed by atoms with E-state index in [1.54, 1.807) is 13.1 Å². The standard InChI is InChI=1S/C16H26N4O2/c1-13(21)5-7-18-16(22)19-12-14-6-8-17-15(11-14)20-9-3-2-4-10-20/h6,8,11,13,21H,2-5,7,9-10,12H2,1H3,(H2,18,19,22). The first-order valence-electron chi connectivity index (χ1n) is 8.05. The number of hydrogen-bond acceptors (Lipinski definition) is 4. The number of piperidine rings is 1. The molecule has 1 atom stereocenters. The van der Waals surface area contributed by atoms with Crippen LogP contribution in [0.2, 0.25) is 0 Å². The number of nitrogens with zero attached hydrogens (tertiary/aromatic N) is 2. The number of aliphatic hydroxyl groups is 1. The van der Waals surface area contributed by atoms with Gasteiger partial charge in [-0.15, -0.1) is 0 Å². The fourth-order valence-corrected chi connectivity index (χ4v) is 2.51. The van der Waals surface area contributed by atoms with Crippen molar-refractivity contribution in [1.82, 2.24) is 15.6 Å². The largest absolute Gasteiger partial charge is 0.393 e. The smallest absolute Gasteiger partial charge is 0.315 e. The van der Waals surface area contributed by atoms with Gasteiger partial charge in [-0.2, -0.15) is 0 Å². The molecule has 2 heterocycles. The van der Waals surface area contributed by atoms with Crippen molar-refractivity contribution in [3.8, 4) is 0 Å². The second-order valence-corrected chi connectivity index (χ2v) is 5.82. The van der Waals surface area contributed by atoms with Crippen LogP contribution < -0.4 is 15.5 Å². The maximum absolute atomic E-state index is 11.7. The molecule has 3 N–H and O–H groups in total. The normalized spacial score (nSPS) is 16.2. The van der Waals surface area contributed by atoms with E-state index in [0.29, 0.717) is 19.5 Å². The van der Waals surface area contributed by atoms with Gasteiger partial charge in [-0.05, 0) is 50.3 Å². The Morgan fingerprint density at radius 2 is 2.14 bits per heavy atom. The molecule has 6 nitrogen and oxygen atoms in total. The summed E-state index contributed by atoms with van der Waals surface area (Å²) in [5.74, 6) is 0.994. The molecule has 1 saturated heterocycles. The fraction of sp³-hybridized carbons (Fsp3) is 0.625. The first-order chi connectivity index (χ1) is 10.6. The lowest BCUT2D eigenvalue weighted by Crippen LogP contribution is -2.36. The molecule has 122 valence electrons. The molecule has 0 spiro atoms. The SMILES string of the molecule is CC(O)CCNC(=O)NCc1ccnc(N2CCCCC2)c1. The molecule has 0 bridgehead atoms. The molecule has 0 saturated carbocycles. The van der Waals surface area contributed by atoms with Crippen molar-refractivity contribution in [2.45, 2.75) is 45.3 Å². The molecule has 1 aromatic rings. The first-order valence-corrected chi connectivity index (χ1v) is 8.05. The molecule has 0 aliphatic carbocycles. The fourth-order valence-electron chi connectivity index (χ4n) is 2.51. The van der Waals surface area contributed by atoms with Crippen LogP contribution in [0.3, 0.4) is 0 Å². The lowest BCUT2D eigenvalue weighted by molar-refractivity contribution is 0.183. The van der Waals surface area contributed by atoms with Crippen LogP contribution in [0.25, 0.3) is 0 Å². The maximum atomic E-state index is 11.7. The van der Waals surface area contributed by atoms with Gasteiger partial charge in [-0.3, -0.25) is 0 Å². The molecular formula is C16H26N4O2. The summed E-state index contributed by atoms with van der Waals surface area (Å²) in [5, 5.41) is 14.7. The minimum Gasteiger partial charge on any atom is -0.393 e. The third kappa shape index (κ3) is 5.52. The highest BCUT2D eigenvalue weighted by molar-refractivity contribution is 5.73. The van der Waals surface area contributed by atoms with Crippen molar-refractivity contribution in [2.75, 3.05) is 24.5 Å². The average molecular weight is 306 g/mol. The van der Waals surface area contributed by atoms with Gasteiger partial charge in [-0.25, -0.2) is 9.78 Å². The molecule has 1 aromatic heterocycles. The Bertz CT molecular complexity index is 473. The number of nitrogens with one attached hydrogen (secondary N) is 2. The summed E-state index contributed by atoms with van der Waals surface area (Å²) in [7, 11) is 0. The predicted molar refractivity (Wildman–Crippen MR) is 86.8 cm³/mol. The lowest BCUT2D eigenvalue weighted by Gasteiger charge is -2.27. The number of rotatable bonds is 6. The zero-order valence-corrected chi connectivity index (χ0v) is 13.2. The maximum Gasteiger partial charge on any atom is 0.315 e. The van der Waals surface area contributed by atoms with Crippen molar-refractivity contribution in [2.24, 2.45) is 0 Å². The van der Waals surface area contributed by atoms with Crippen LogP contribution in [-0.4, -0.2) is 41.9 Å². The Balaban J connectivity index is 1.79. The quantitative estimate of drug-likeness (QED) is 0.747. The number of pyridine rings is 1. The van der Waals surface area contributed by atoms with E-state index in [1.807, 2.05) is 12.1 Å². The molecule has 2 rings (SSSR count). The second-order valence-electron chi connectivity index (χ2n) is 5.82. The topological polar surface area (TPSA) is 77.5 Å². The summed E-state index contributed by atoms with van der Waals surface area (Å²) in [6.45, 7) is 4.77. The van der Waals surface area contributed by atoms with Crippen LogP contribution in [0, 0.1) is 0 Å². The summed E-state index contributed by atoms with van der Waals surface area (Å²) in [5.41, 5.74) is 1.04.